The highest BCUT2D eigenvalue weighted by atomic mass is 35.5. The predicted molar refractivity (Wildman–Crippen MR) is 66.5 cm³/mol. The molecule has 0 amide bonds. The number of benzene rings is 1. The number of carboxylic acid groups (broad SMARTS) is 1. The molecule has 0 fully saturated rings. The van der Waals surface area contributed by atoms with E-state index in [1.54, 1.807) is 0 Å². The Morgan fingerprint density at radius 1 is 1.40 bits per heavy atom. The third-order valence-electron chi connectivity index (χ3n) is 1.05. The second kappa shape index (κ2) is 11.5. The number of rotatable bonds is 2. The summed E-state index contributed by atoms with van der Waals surface area (Å²) < 4.78 is 4.03. The van der Waals surface area contributed by atoms with Gasteiger partial charge in [0.15, 0.2) is 0 Å². The Balaban J connectivity index is 0. The zero-order valence-electron chi connectivity index (χ0n) is 7.80. The van der Waals surface area contributed by atoms with Crippen molar-refractivity contribution in [2.45, 2.75) is 0 Å². The lowest BCUT2D eigenvalue weighted by Gasteiger charge is -1.91. The Morgan fingerprint density at radius 3 is 2.13 bits per heavy atom. The molecule has 0 spiro atoms. The standard InChI is InChI=1S/C6H5Cl.C3H6O3S.ClH/c7-6-4-2-1-3-5-6;4-3(5)6-1-2-7;/h1-5H;7H,1-2H2,(H,4,5);1H. The lowest BCUT2D eigenvalue weighted by molar-refractivity contribution is 0.0975. The van der Waals surface area contributed by atoms with E-state index in [1.807, 2.05) is 30.3 Å². The fourth-order valence-electron chi connectivity index (χ4n) is 0.548. The largest absolute Gasteiger partial charge is 0.505 e. The fraction of sp³-hybridized carbons (Fsp3) is 0.222. The Morgan fingerprint density at radius 2 is 1.93 bits per heavy atom. The van der Waals surface area contributed by atoms with Crippen molar-refractivity contribution >= 4 is 42.8 Å². The molecule has 0 aliphatic heterocycles. The molecule has 0 aromatic heterocycles. The van der Waals surface area contributed by atoms with E-state index < -0.39 is 6.16 Å². The van der Waals surface area contributed by atoms with E-state index in [1.165, 1.54) is 0 Å². The van der Waals surface area contributed by atoms with E-state index in [0.29, 0.717) is 5.75 Å². The zero-order valence-corrected chi connectivity index (χ0v) is 10.3. The minimum atomic E-state index is -1.24. The monoisotopic (exact) mass is 270 g/mol. The molecule has 0 saturated carbocycles. The van der Waals surface area contributed by atoms with Crippen LogP contribution in [0.5, 0.6) is 0 Å². The van der Waals surface area contributed by atoms with E-state index in [0.717, 1.165) is 5.02 Å². The topological polar surface area (TPSA) is 46.5 Å². The Kier molecular flexibility index (Phi) is 12.9. The van der Waals surface area contributed by atoms with E-state index in [2.05, 4.69) is 17.4 Å². The molecule has 15 heavy (non-hydrogen) atoms. The summed E-state index contributed by atoms with van der Waals surface area (Å²) in [5, 5.41) is 8.58. The van der Waals surface area contributed by atoms with E-state index in [9.17, 15) is 4.79 Å². The highest BCUT2D eigenvalue weighted by Crippen LogP contribution is 2.03. The third-order valence-corrected chi connectivity index (χ3v) is 1.48. The van der Waals surface area contributed by atoms with Crippen LogP contribution >= 0.6 is 36.6 Å². The molecule has 0 bridgehead atoms. The highest BCUT2D eigenvalue weighted by molar-refractivity contribution is 7.80. The molecule has 1 aromatic rings. The Bertz CT molecular complexity index is 257. The van der Waals surface area contributed by atoms with E-state index >= 15 is 0 Å². The number of thiol groups is 1. The quantitative estimate of drug-likeness (QED) is 0.640. The lowest BCUT2D eigenvalue weighted by atomic mass is 10.4. The van der Waals surface area contributed by atoms with Crippen LogP contribution in [-0.4, -0.2) is 23.6 Å². The van der Waals surface area contributed by atoms with Gasteiger partial charge in [-0.2, -0.15) is 12.6 Å². The predicted octanol–water partition coefficient (Wildman–Crippen LogP) is 3.37. The summed E-state index contributed by atoms with van der Waals surface area (Å²) in [6, 6.07) is 9.44. The maximum atomic E-state index is 9.50. The van der Waals surface area contributed by atoms with Crippen LogP contribution in [0.4, 0.5) is 4.79 Å². The maximum absolute atomic E-state index is 9.50. The van der Waals surface area contributed by atoms with Gasteiger partial charge in [-0.25, -0.2) is 4.79 Å². The first-order valence-electron chi connectivity index (χ1n) is 3.84. The molecule has 3 nitrogen and oxygen atoms in total. The van der Waals surface area contributed by atoms with Gasteiger partial charge in [0, 0.05) is 10.8 Å². The summed E-state index contributed by atoms with van der Waals surface area (Å²) in [7, 11) is 0. The molecule has 0 aliphatic rings. The number of hydrogen-bond donors (Lipinski definition) is 2. The number of ether oxygens (including phenoxy) is 1. The number of hydrogen-bond acceptors (Lipinski definition) is 3. The van der Waals surface area contributed by atoms with Crippen LogP contribution in [0.3, 0.4) is 0 Å². The first-order valence-corrected chi connectivity index (χ1v) is 4.85. The second-order valence-corrected chi connectivity index (χ2v) is 3.02. The van der Waals surface area contributed by atoms with Crippen molar-refractivity contribution in [3.05, 3.63) is 35.4 Å². The minimum absolute atomic E-state index is 0. The number of carbonyl (C=O) groups is 1. The molecule has 6 heteroatoms. The number of halogens is 2. The normalized spacial score (nSPS) is 7.87. The third kappa shape index (κ3) is 13.4. The molecule has 0 heterocycles. The molecule has 86 valence electrons. The van der Waals surface area contributed by atoms with Crippen LogP contribution < -0.4 is 0 Å². The van der Waals surface area contributed by atoms with Gasteiger partial charge < -0.3 is 9.84 Å². The maximum Gasteiger partial charge on any atom is 0.505 e. The minimum Gasteiger partial charge on any atom is -0.450 e. The van der Waals surface area contributed by atoms with Crippen LogP contribution in [0, 0.1) is 0 Å². The highest BCUT2D eigenvalue weighted by Gasteiger charge is 1.90. The van der Waals surface area contributed by atoms with Crippen molar-refractivity contribution in [3.8, 4) is 0 Å². The van der Waals surface area contributed by atoms with Crippen molar-refractivity contribution in [2.24, 2.45) is 0 Å². The van der Waals surface area contributed by atoms with Gasteiger partial charge in [-0.05, 0) is 12.1 Å². The van der Waals surface area contributed by atoms with Gasteiger partial charge in [0.2, 0.25) is 0 Å². The van der Waals surface area contributed by atoms with E-state index in [4.69, 9.17) is 16.7 Å². The van der Waals surface area contributed by atoms with Crippen LogP contribution in [0.25, 0.3) is 0 Å². The second-order valence-electron chi connectivity index (χ2n) is 2.13. The molecular formula is C9H12Cl2O3S. The first kappa shape index (κ1) is 16.8. The molecule has 0 radical (unpaired) electrons. The smallest absolute Gasteiger partial charge is 0.450 e. The van der Waals surface area contributed by atoms with Crippen LogP contribution in [0.2, 0.25) is 5.02 Å². The summed E-state index contributed by atoms with van der Waals surface area (Å²) in [5.41, 5.74) is 0. The summed E-state index contributed by atoms with van der Waals surface area (Å²) >= 11 is 9.25. The first-order chi connectivity index (χ1) is 6.66. The molecular weight excluding hydrogens is 259 g/mol. The van der Waals surface area contributed by atoms with Gasteiger partial charge in [-0.15, -0.1) is 12.4 Å². The van der Waals surface area contributed by atoms with Crippen molar-refractivity contribution in [1.82, 2.24) is 0 Å². The van der Waals surface area contributed by atoms with Crippen LogP contribution in [0.15, 0.2) is 30.3 Å². The van der Waals surface area contributed by atoms with Crippen molar-refractivity contribution < 1.29 is 14.6 Å². The molecule has 0 saturated heterocycles. The van der Waals surface area contributed by atoms with Gasteiger partial charge >= 0.3 is 6.16 Å². The fourth-order valence-corrected chi connectivity index (χ4v) is 0.784. The summed E-state index contributed by atoms with van der Waals surface area (Å²) in [6.07, 6.45) is -1.24. The zero-order chi connectivity index (χ0) is 10.8. The molecule has 0 atom stereocenters. The molecule has 0 aliphatic carbocycles. The lowest BCUT2D eigenvalue weighted by Crippen LogP contribution is -2.01. The van der Waals surface area contributed by atoms with Gasteiger partial charge in [-0.3, -0.25) is 0 Å². The van der Waals surface area contributed by atoms with Crippen LogP contribution in [-0.2, 0) is 4.74 Å². The SMILES string of the molecule is Cl.Clc1ccccc1.O=C(O)OCCS. The molecule has 1 rings (SSSR count). The van der Waals surface area contributed by atoms with Crippen LogP contribution in [0.1, 0.15) is 0 Å². The average molecular weight is 271 g/mol. The summed E-state index contributed by atoms with van der Waals surface area (Å²) in [4.78, 5) is 9.50. The van der Waals surface area contributed by atoms with Crippen molar-refractivity contribution in [2.75, 3.05) is 12.4 Å². The van der Waals surface area contributed by atoms with Gasteiger partial charge in [0.25, 0.3) is 0 Å². The summed E-state index contributed by atoms with van der Waals surface area (Å²) in [6.45, 7) is 0.165. The van der Waals surface area contributed by atoms with Gasteiger partial charge in [0.1, 0.15) is 6.61 Å². The Labute approximate surface area is 105 Å². The van der Waals surface area contributed by atoms with E-state index in [-0.39, 0.29) is 19.0 Å². The summed E-state index contributed by atoms with van der Waals surface area (Å²) in [5.74, 6) is 0.437. The molecule has 0 unspecified atom stereocenters. The van der Waals surface area contributed by atoms with Gasteiger partial charge in [0.05, 0.1) is 0 Å². The average Bonchev–Trinajstić information content (AvgIpc) is 2.17. The molecule has 1 aromatic carbocycles. The molecule has 1 N–H and O–H groups in total. The van der Waals surface area contributed by atoms with Crippen molar-refractivity contribution in [1.29, 1.82) is 0 Å². The van der Waals surface area contributed by atoms with Gasteiger partial charge in [-0.1, -0.05) is 29.8 Å². The Hall–Kier alpha value is -0.580. The van der Waals surface area contributed by atoms with Crippen molar-refractivity contribution in [3.63, 3.8) is 0 Å².